The van der Waals surface area contributed by atoms with Crippen LogP contribution in [0.1, 0.15) is 18.2 Å². The lowest BCUT2D eigenvalue weighted by Crippen LogP contribution is -2.21. The van der Waals surface area contributed by atoms with Crippen molar-refractivity contribution in [2.24, 2.45) is 0 Å². The molecule has 0 aliphatic rings. The molecule has 0 saturated carbocycles. The SMILES string of the molecule is CCc1c(C)[nH]c2c(-c3cnn(-c4cc(OCCO)ccn4)c3)cnn2c1=O. The number of ether oxygens (including phenoxy) is 1. The molecule has 4 aromatic heterocycles. The van der Waals surface area contributed by atoms with Crippen LogP contribution in [0.5, 0.6) is 5.75 Å². The van der Waals surface area contributed by atoms with Crippen LogP contribution >= 0.6 is 0 Å². The van der Waals surface area contributed by atoms with Gasteiger partial charge in [0.2, 0.25) is 0 Å². The molecule has 4 rings (SSSR count). The predicted octanol–water partition coefficient (Wildman–Crippen LogP) is 1.51. The second-order valence-corrected chi connectivity index (χ2v) is 6.30. The van der Waals surface area contributed by atoms with E-state index in [-0.39, 0.29) is 18.8 Å². The van der Waals surface area contributed by atoms with Crippen molar-refractivity contribution >= 4 is 5.65 Å². The zero-order valence-electron chi connectivity index (χ0n) is 15.6. The molecule has 4 heterocycles. The largest absolute Gasteiger partial charge is 0.491 e. The summed E-state index contributed by atoms with van der Waals surface area (Å²) in [5.41, 5.74) is 3.67. The molecule has 0 aliphatic heterocycles. The van der Waals surface area contributed by atoms with Crippen molar-refractivity contribution in [2.75, 3.05) is 13.2 Å². The molecular weight excluding hydrogens is 360 g/mol. The Labute approximate surface area is 160 Å². The van der Waals surface area contributed by atoms with Crippen LogP contribution in [0.15, 0.2) is 41.7 Å². The van der Waals surface area contributed by atoms with Gasteiger partial charge in [-0.25, -0.2) is 9.67 Å². The van der Waals surface area contributed by atoms with E-state index in [4.69, 9.17) is 9.84 Å². The number of H-pyrrole nitrogens is 1. The molecule has 144 valence electrons. The minimum absolute atomic E-state index is 0.0599. The van der Waals surface area contributed by atoms with E-state index in [2.05, 4.69) is 20.2 Å². The Morgan fingerprint density at radius 2 is 2.14 bits per heavy atom. The van der Waals surface area contributed by atoms with Crippen LogP contribution < -0.4 is 10.3 Å². The number of aryl methyl sites for hydroxylation is 1. The van der Waals surface area contributed by atoms with Crippen molar-refractivity contribution in [3.8, 4) is 22.7 Å². The normalized spacial score (nSPS) is 11.2. The molecule has 0 unspecified atom stereocenters. The van der Waals surface area contributed by atoms with Gasteiger partial charge in [0, 0.05) is 40.8 Å². The number of aromatic nitrogens is 6. The fourth-order valence-electron chi connectivity index (χ4n) is 3.16. The Bertz CT molecular complexity index is 1190. The molecule has 0 spiro atoms. The first kappa shape index (κ1) is 17.9. The second-order valence-electron chi connectivity index (χ2n) is 6.30. The van der Waals surface area contributed by atoms with Crippen molar-refractivity contribution in [3.63, 3.8) is 0 Å². The number of pyridine rings is 1. The lowest BCUT2D eigenvalue weighted by molar-refractivity contribution is 0.201. The van der Waals surface area contributed by atoms with Crippen LogP contribution in [0.3, 0.4) is 0 Å². The number of nitrogens with zero attached hydrogens (tertiary/aromatic N) is 5. The maximum atomic E-state index is 12.6. The van der Waals surface area contributed by atoms with Gasteiger partial charge in [-0.2, -0.15) is 14.7 Å². The summed E-state index contributed by atoms with van der Waals surface area (Å²) in [4.78, 5) is 20.2. The van der Waals surface area contributed by atoms with Gasteiger partial charge in [-0.3, -0.25) is 4.79 Å². The highest BCUT2D eigenvalue weighted by Crippen LogP contribution is 2.24. The molecule has 0 radical (unpaired) electrons. The molecule has 0 amide bonds. The van der Waals surface area contributed by atoms with Gasteiger partial charge in [-0.1, -0.05) is 6.92 Å². The molecule has 0 bridgehead atoms. The topological polar surface area (TPSA) is 110 Å². The van der Waals surface area contributed by atoms with Crippen LogP contribution in [0, 0.1) is 6.92 Å². The van der Waals surface area contributed by atoms with Crippen LogP contribution in [-0.4, -0.2) is 47.7 Å². The van der Waals surface area contributed by atoms with Crippen molar-refractivity contribution < 1.29 is 9.84 Å². The number of hydrogen-bond acceptors (Lipinski definition) is 6. The molecule has 0 saturated heterocycles. The number of fused-ring (bicyclic) bond motifs is 1. The van der Waals surface area contributed by atoms with Crippen molar-refractivity contribution in [1.82, 2.24) is 29.4 Å². The van der Waals surface area contributed by atoms with E-state index < -0.39 is 0 Å². The van der Waals surface area contributed by atoms with Crippen molar-refractivity contribution in [3.05, 3.63) is 58.5 Å². The highest BCUT2D eigenvalue weighted by atomic mass is 16.5. The molecule has 9 nitrogen and oxygen atoms in total. The molecule has 0 aliphatic carbocycles. The molecule has 0 fully saturated rings. The van der Waals surface area contributed by atoms with E-state index in [1.54, 1.807) is 35.4 Å². The third-order valence-electron chi connectivity index (χ3n) is 4.54. The van der Waals surface area contributed by atoms with Crippen LogP contribution in [-0.2, 0) is 6.42 Å². The zero-order chi connectivity index (χ0) is 19.7. The molecule has 9 heteroatoms. The van der Waals surface area contributed by atoms with E-state index in [1.165, 1.54) is 4.52 Å². The van der Waals surface area contributed by atoms with E-state index in [0.717, 1.165) is 22.4 Å². The minimum Gasteiger partial charge on any atom is -0.491 e. The van der Waals surface area contributed by atoms with Gasteiger partial charge in [-0.05, 0) is 19.4 Å². The number of aromatic amines is 1. The third kappa shape index (κ3) is 3.05. The number of nitrogens with one attached hydrogen (secondary N) is 1. The summed E-state index contributed by atoms with van der Waals surface area (Å²) in [7, 11) is 0. The van der Waals surface area contributed by atoms with Gasteiger partial charge < -0.3 is 14.8 Å². The van der Waals surface area contributed by atoms with Gasteiger partial charge in [0.05, 0.1) is 19.0 Å². The number of aliphatic hydroxyl groups excluding tert-OH is 1. The monoisotopic (exact) mass is 380 g/mol. The molecule has 0 aromatic carbocycles. The van der Waals surface area contributed by atoms with Crippen LogP contribution in [0.25, 0.3) is 22.6 Å². The van der Waals surface area contributed by atoms with Gasteiger partial charge in [0.1, 0.15) is 18.0 Å². The lowest BCUT2D eigenvalue weighted by Gasteiger charge is -2.06. The fourth-order valence-corrected chi connectivity index (χ4v) is 3.16. The maximum absolute atomic E-state index is 12.6. The highest BCUT2D eigenvalue weighted by Gasteiger charge is 2.15. The quantitative estimate of drug-likeness (QED) is 0.525. The first-order valence-corrected chi connectivity index (χ1v) is 8.97. The Kier molecular flexibility index (Phi) is 4.66. The fraction of sp³-hybridized carbons (Fsp3) is 0.263. The van der Waals surface area contributed by atoms with E-state index in [9.17, 15) is 4.79 Å². The number of aliphatic hydroxyl groups is 1. The third-order valence-corrected chi connectivity index (χ3v) is 4.54. The summed E-state index contributed by atoms with van der Waals surface area (Å²) >= 11 is 0. The molecule has 4 aromatic rings. The maximum Gasteiger partial charge on any atom is 0.277 e. The Morgan fingerprint density at radius 1 is 1.29 bits per heavy atom. The second kappa shape index (κ2) is 7.28. The van der Waals surface area contributed by atoms with Gasteiger partial charge in [0.25, 0.3) is 5.56 Å². The van der Waals surface area contributed by atoms with Crippen molar-refractivity contribution in [2.45, 2.75) is 20.3 Å². The Hall–Kier alpha value is -3.46. The highest BCUT2D eigenvalue weighted by molar-refractivity contribution is 5.76. The standard InChI is InChI=1S/C19H20N6O3/c1-3-15-12(2)23-18-16(10-22-25(18)19(15)27)13-9-21-24(11-13)17-8-14(4-5-20-17)28-7-6-26/h4-5,8-11,23,26H,3,6-7H2,1-2H3. The molecular formula is C19H20N6O3. The first-order valence-electron chi connectivity index (χ1n) is 8.97. The summed E-state index contributed by atoms with van der Waals surface area (Å²) in [5.74, 6) is 1.18. The minimum atomic E-state index is -0.109. The zero-order valence-corrected chi connectivity index (χ0v) is 15.6. The average Bonchev–Trinajstić information content (AvgIpc) is 3.34. The Balaban J connectivity index is 1.73. The Morgan fingerprint density at radius 3 is 2.93 bits per heavy atom. The number of hydrogen-bond donors (Lipinski definition) is 2. The lowest BCUT2D eigenvalue weighted by atomic mass is 10.1. The summed E-state index contributed by atoms with van der Waals surface area (Å²) in [6.07, 6.45) is 7.43. The van der Waals surface area contributed by atoms with Gasteiger partial charge >= 0.3 is 0 Å². The predicted molar refractivity (Wildman–Crippen MR) is 103 cm³/mol. The summed E-state index contributed by atoms with van der Waals surface area (Å²) in [6, 6.07) is 3.45. The smallest absolute Gasteiger partial charge is 0.277 e. The van der Waals surface area contributed by atoms with Gasteiger partial charge in [0.15, 0.2) is 5.82 Å². The van der Waals surface area contributed by atoms with E-state index in [0.29, 0.717) is 23.6 Å². The summed E-state index contributed by atoms with van der Waals surface area (Å²) in [5, 5.41) is 17.5. The van der Waals surface area contributed by atoms with E-state index >= 15 is 0 Å². The average molecular weight is 380 g/mol. The molecule has 28 heavy (non-hydrogen) atoms. The van der Waals surface area contributed by atoms with E-state index in [1.807, 2.05) is 20.0 Å². The van der Waals surface area contributed by atoms with Crippen LogP contribution in [0.2, 0.25) is 0 Å². The molecule has 2 N–H and O–H groups in total. The number of rotatable bonds is 6. The van der Waals surface area contributed by atoms with Crippen LogP contribution in [0.4, 0.5) is 0 Å². The van der Waals surface area contributed by atoms with Crippen molar-refractivity contribution in [1.29, 1.82) is 0 Å². The molecule has 0 atom stereocenters. The van der Waals surface area contributed by atoms with Gasteiger partial charge in [-0.15, -0.1) is 0 Å². The summed E-state index contributed by atoms with van der Waals surface area (Å²) in [6.45, 7) is 3.99. The summed E-state index contributed by atoms with van der Waals surface area (Å²) < 4.78 is 8.43. The first-order chi connectivity index (χ1) is 13.6.